The number of hydrogen-bond acceptors (Lipinski definition) is 3. The van der Waals surface area contributed by atoms with Crippen molar-refractivity contribution >= 4 is 22.5 Å². The van der Waals surface area contributed by atoms with Crippen molar-refractivity contribution < 1.29 is 4.79 Å². The first-order valence-corrected chi connectivity index (χ1v) is 7.74. The summed E-state index contributed by atoms with van der Waals surface area (Å²) < 4.78 is 1.48. The van der Waals surface area contributed by atoms with E-state index in [1.165, 1.54) is 4.57 Å². The third-order valence-electron chi connectivity index (χ3n) is 3.88. The van der Waals surface area contributed by atoms with Gasteiger partial charge in [-0.1, -0.05) is 24.3 Å². The molecule has 0 radical (unpaired) electrons. The average Bonchev–Trinajstić information content (AvgIpc) is 3.08. The second-order valence-corrected chi connectivity index (χ2v) is 5.53. The van der Waals surface area contributed by atoms with Crippen LogP contribution in [0.25, 0.3) is 16.6 Å². The number of carbonyl (C=O) groups is 1. The SMILES string of the molecule is O=C(Nc1ccc(-n2cc[nH]c2=O)cc1)c1ccc2ccccc2n1. The number of pyridine rings is 1. The van der Waals surface area contributed by atoms with Crippen molar-refractivity contribution in [1.82, 2.24) is 14.5 Å². The molecule has 0 saturated carbocycles. The molecule has 2 aromatic heterocycles. The lowest BCUT2D eigenvalue weighted by Crippen LogP contribution is -2.15. The van der Waals surface area contributed by atoms with Crippen LogP contribution >= 0.6 is 0 Å². The summed E-state index contributed by atoms with van der Waals surface area (Å²) in [6, 6.07) is 18.2. The van der Waals surface area contributed by atoms with Crippen LogP contribution in [0.15, 0.2) is 77.9 Å². The van der Waals surface area contributed by atoms with Crippen molar-refractivity contribution in [2.75, 3.05) is 5.32 Å². The molecule has 0 aliphatic carbocycles. The fourth-order valence-corrected chi connectivity index (χ4v) is 2.62. The van der Waals surface area contributed by atoms with E-state index in [2.05, 4.69) is 15.3 Å². The molecule has 4 rings (SSSR count). The normalized spacial score (nSPS) is 10.7. The lowest BCUT2D eigenvalue weighted by molar-refractivity contribution is 0.102. The third kappa shape index (κ3) is 2.92. The molecule has 2 aromatic carbocycles. The van der Waals surface area contributed by atoms with Gasteiger partial charge in [-0.05, 0) is 36.4 Å². The minimum Gasteiger partial charge on any atom is -0.321 e. The molecule has 6 nitrogen and oxygen atoms in total. The van der Waals surface area contributed by atoms with E-state index < -0.39 is 0 Å². The van der Waals surface area contributed by atoms with Gasteiger partial charge < -0.3 is 10.3 Å². The number of fused-ring (bicyclic) bond motifs is 1. The molecule has 0 aliphatic rings. The Labute approximate surface area is 142 Å². The topological polar surface area (TPSA) is 79.8 Å². The number of carbonyl (C=O) groups excluding carboxylic acids is 1. The van der Waals surface area contributed by atoms with E-state index in [0.29, 0.717) is 17.1 Å². The molecule has 6 heteroatoms. The zero-order valence-electron chi connectivity index (χ0n) is 13.1. The molecular formula is C19H14N4O2. The molecule has 2 N–H and O–H groups in total. The first-order chi connectivity index (χ1) is 12.2. The zero-order chi connectivity index (χ0) is 17.2. The Kier molecular flexibility index (Phi) is 3.63. The minimum absolute atomic E-state index is 0.211. The van der Waals surface area contributed by atoms with Gasteiger partial charge in [0, 0.05) is 23.5 Å². The summed E-state index contributed by atoms with van der Waals surface area (Å²) in [5.41, 5.74) is 2.26. The Morgan fingerprint density at radius 1 is 1.00 bits per heavy atom. The molecule has 2 heterocycles. The zero-order valence-corrected chi connectivity index (χ0v) is 13.1. The van der Waals surface area contributed by atoms with Gasteiger partial charge in [0.1, 0.15) is 5.69 Å². The summed E-state index contributed by atoms with van der Waals surface area (Å²) in [7, 11) is 0. The Balaban J connectivity index is 1.55. The highest BCUT2D eigenvalue weighted by Crippen LogP contribution is 2.15. The van der Waals surface area contributed by atoms with Crippen molar-refractivity contribution in [1.29, 1.82) is 0 Å². The number of benzene rings is 2. The number of imidazole rings is 1. The molecule has 1 amide bonds. The summed E-state index contributed by atoms with van der Waals surface area (Å²) in [6.45, 7) is 0. The fourth-order valence-electron chi connectivity index (χ4n) is 2.62. The van der Waals surface area contributed by atoms with Gasteiger partial charge in [-0.15, -0.1) is 0 Å². The number of hydrogen-bond donors (Lipinski definition) is 2. The van der Waals surface area contributed by atoms with Crippen molar-refractivity contribution in [3.63, 3.8) is 0 Å². The number of H-pyrrole nitrogens is 1. The predicted octanol–water partition coefficient (Wildman–Crippen LogP) is 2.97. The van der Waals surface area contributed by atoms with E-state index in [4.69, 9.17) is 0 Å². The Hall–Kier alpha value is -3.67. The largest absolute Gasteiger partial charge is 0.330 e. The Morgan fingerprint density at radius 2 is 1.80 bits per heavy atom. The maximum absolute atomic E-state index is 12.4. The van der Waals surface area contributed by atoms with Crippen molar-refractivity contribution in [3.8, 4) is 5.69 Å². The number of rotatable bonds is 3. The predicted molar refractivity (Wildman–Crippen MR) is 96.1 cm³/mol. The second-order valence-electron chi connectivity index (χ2n) is 5.53. The molecule has 25 heavy (non-hydrogen) atoms. The van der Waals surface area contributed by atoms with E-state index in [1.807, 2.05) is 30.3 Å². The molecule has 0 aliphatic heterocycles. The summed E-state index contributed by atoms with van der Waals surface area (Å²) >= 11 is 0. The number of aromatic amines is 1. The maximum Gasteiger partial charge on any atom is 0.330 e. The molecule has 0 fully saturated rings. The standard InChI is InChI=1S/C19H14N4O2/c24-18(17-10-5-13-3-1-2-4-16(13)22-17)21-14-6-8-15(9-7-14)23-12-11-20-19(23)25/h1-12H,(H,20,25)(H,21,24). The maximum atomic E-state index is 12.4. The van der Waals surface area contributed by atoms with Crippen LogP contribution in [0.5, 0.6) is 0 Å². The Morgan fingerprint density at radius 3 is 2.56 bits per heavy atom. The quantitative estimate of drug-likeness (QED) is 0.606. The minimum atomic E-state index is -0.280. The van der Waals surface area contributed by atoms with E-state index in [9.17, 15) is 9.59 Å². The fraction of sp³-hybridized carbons (Fsp3) is 0. The van der Waals surface area contributed by atoms with Gasteiger partial charge >= 0.3 is 5.69 Å². The molecule has 4 aromatic rings. The lowest BCUT2D eigenvalue weighted by atomic mass is 10.2. The van der Waals surface area contributed by atoms with Crippen molar-refractivity contribution in [2.45, 2.75) is 0 Å². The number of nitrogens with zero attached hydrogens (tertiary/aromatic N) is 2. The number of para-hydroxylation sites is 1. The van der Waals surface area contributed by atoms with Gasteiger partial charge in [0.15, 0.2) is 0 Å². The van der Waals surface area contributed by atoms with Crippen molar-refractivity contribution in [2.24, 2.45) is 0 Å². The second kappa shape index (κ2) is 6.09. The first-order valence-electron chi connectivity index (χ1n) is 7.74. The van der Waals surface area contributed by atoms with Gasteiger partial charge in [0.25, 0.3) is 5.91 Å². The third-order valence-corrected chi connectivity index (χ3v) is 3.88. The van der Waals surface area contributed by atoms with Gasteiger partial charge in [-0.2, -0.15) is 0 Å². The van der Waals surface area contributed by atoms with E-state index >= 15 is 0 Å². The molecule has 0 bridgehead atoms. The molecule has 0 spiro atoms. The Bertz CT molecular complexity index is 1110. The van der Waals surface area contributed by atoms with Crippen LogP contribution in [-0.2, 0) is 0 Å². The highest BCUT2D eigenvalue weighted by molar-refractivity contribution is 6.04. The summed E-state index contributed by atoms with van der Waals surface area (Å²) in [5.74, 6) is -0.280. The van der Waals surface area contributed by atoms with Crippen LogP contribution in [0.4, 0.5) is 5.69 Å². The number of nitrogens with one attached hydrogen (secondary N) is 2. The van der Waals surface area contributed by atoms with Crippen LogP contribution in [0, 0.1) is 0 Å². The average molecular weight is 330 g/mol. The lowest BCUT2D eigenvalue weighted by Gasteiger charge is -2.07. The van der Waals surface area contributed by atoms with Crippen molar-refractivity contribution in [3.05, 3.63) is 89.2 Å². The number of aromatic nitrogens is 3. The molecule has 122 valence electrons. The summed E-state index contributed by atoms with van der Waals surface area (Å²) in [5, 5.41) is 3.80. The van der Waals surface area contributed by atoms with E-state index in [1.54, 1.807) is 42.7 Å². The first kappa shape index (κ1) is 14.9. The van der Waals surface area contributed by atoms with E-state index in [0.717, 1.165) is 10.9 Å². The van der Waals surface area contributed by atoms with Crippen LogP contribution in [0.2, 0.25) is 0 Å². The summed E-state index contributed by atoms with van der Waals surface area (Å²) in [4.78, 5) is 31.0. The summed E-state index contributed by atoms with van der Waals surface area (Å²) in [6.07, 6.45) is 3.22. The van der Waals surface area contributed by atoms with Crippen LogP contribution < -0.4 is 11.0 Å². The van der Waals surface area contributed by atoms with Crippen LogP contribution in [-0.4, -0.2) is 20.4 Å². The van der Waals surface area contributed by atoms with Gasteiger partial charge in [0.2, 0.25) is 0 Å². The molecular weight excluding hydrogens is 316 g/mol. The highest BCUT2D eigenvalue weighted by Gasteiger charge is 2.09. The van der Waals surface area contributed by atoms with Crippen LogP contribution in [0.1, 0.15) is 10.5 Å². The molecule has 0 atom stereocenters. The molecule has 0 unspecified atom stereocenters. The number of amides is 1. The highest BCUT2D eigenvalue weighted by atomic mass is 16.2. The van der Waals surface area contributed by atoms with E-state index in [-0.39, 0.29) is 11.6 Å². The smallest absolute Gasteiger partial charge is 0.321 e. The van der Waals surface area contributed by atoms with Gasteiger partial charge in [-0.3, -0.25) is 9.36 Å². The van der Waals surface area contributed by atoms with Gasteiger partial charge in [0.05, 0.1) is 11.2 Å². The van der Waals surface area contributed by atoms with Crippen LogP contribution in [0.3, 0.4) is 0 Å². The monoisotopic (exact) mass is 330 g/mol. The molecule has 0 saturated heterocycles. The van der Waals surface area contributed by atoms with Gasteiger partial charge in [-0.25, -0.2) is 9.78 Å². The number of anilines is 1.